The third-order valence-electron chi connectivity index (χ3n) is 2.90. The fourth-order valence-corrected chi connectivity index (χ4v) is 2.50. The van der Waals surface area contributed by atoms with Crippen LogP contribution in [0, 0.1) is 6.92 Å². The van der Waals surface area contributed by atoms with Crippen LogP contribution in [0.4, 0.5) is 5.69 Å². The lowest BCUT2D eigenvalue weighted by Gasteiger charge is -2.08. The molecule has 0 aliphatic carbocycles. The van der Waals surface area contributed by atoms with Gasteiger partial charge in [0.05, 0.1) is 0 Å². The molecule has 5 nitrogen and oxygen atoms in total. The van der Waals surface area contributed by atoms with Gasteiger partial charge in [0.2, 0.25) is 10.0 Å². The molecule has 0 atom stereocenters. The highest BCUT2D eigenvalue weighted by Gasteiger charge is 2.21. The van der Waals surface area contributed by atoms with Gasteiger partial charge in [0.15, 0.2) is 0 Å². The highest BCUT2D eigenvalue weighted by Crippen LogP contribution is 2.15. The molecule has 0 spiro atoms. The molecule has 0 saturated carbocycles. The second kappa shape index (κ2) is 6.55. The van der Waals surface area contributed by atoms with Crippen LogP contribution in [0.3, 0.4) is 0 Å². The molecule has 6 heteroatoms. The van der Waals surface area contributed by atoms with Gasteiger partial charge in [-0.1, -0.05) is 42.5 Å². The lowest BCUT2D eigenvalue weighted by atomic mass is 10.2. The van der Waals surface area contributed by atoms with Gasteiger partial charge in [0, 0.05) is 5.69 Å². The lowest BCUT2D eigenvalue weighted by Crippen LogP contribution is -2.25. The van der Waals surface area contributed by atoms with E-state index in [4.69, 9.17) is 5.14 Å². The summed E-state index contributed by atoms with van der Waals surface area (Å²) in [5.41, 5.74) is 2.03. The Kier molecular flexibility index (Phi) is 4.75. The molecule has 22 heavy (non-hydrogen) atoms. The Bertz CT molecular complexity index is 812. The predicted molar refractivity (Wildman–Crippen MR) is 87.3 cm³/mol. The first kappa shape index (κ1) is 15.9. The number of amides is 1. The summed E-state index contributed by atoms with van der Waals surface area (Å²) >= 11 is 0. The molecule has 0 bridgehead atoms. The molecule has 0 saturated heterocycles. The minimum Gasteiger partial charge on any atom is -0.321 e. The van der Waals surface area contributed by atoms with Gasteiger partial charge < -0.3 is 5.32 Å². The Morgan fingerprint density at radius 2 is 1.77 bits per heavy atom. The van der Waals surface area contributed by atoms with Crippen LogP contribution in [0.25, 0.3) is 6.08 Å². The molecule has 2 aromatic rings. The van der Waals surface area contributed by atoms with Gasteiger partial charge >= 0.3 is 0 Å². The smallest absolute Gasteiger partial charge is 0.268 e. The van der Waals surface area contributed by atoms with Gasteiger partial charge in [-0.25, -0.2) is 13.6 Å². The Hall–Kier alpha value is -2.44. The van der Waals surface area contributed by atoms with Crippen LogP contribution in [-0.4, -0.2) is 14.3 Å². The topological polar surface area (TPSA) is 89.3 Å². The van der Waals surface area contributed by atoms with Gasteiger partial charge in [-0.15, -0.1) is 0 Å². The van der Waals surface area contributed by atoms with Crippen molar-refractivity contribution in [3.63, 3.8) is 0 Å². The SMILES string of the molecule is Cc1cccc(NC(=O)C(=Cc2ccccc2)S(N)(=O)=O)c1. The number of primary sulfonamides is 1. The second-order valence-electron chi connectivity index (χ2n) is 4.79. The number of carbonyl (C=O) groups is 1. The lowest BCUT2D eigenvalue weighted by molar-refractivity contribution is -0.112. The summed E-state index contributed by atoms with van der Waals surface area (Å²) in [5.74, 6) is -0.767. The molecule has 0 heterocycles. The highest BCUT2D eigenvalue weighted by atomic mass is 32.2. The Balaban J connectivity index is 2.35. The van der Waals surface area contributed by atoms with Gasteiger partial charge in [0.1, 0.15) is 4.91 Å². The second-order valence-corrected chi connectivity index (χ2v) is 6.32. The van der Waals surface area contributed by atoms with E-state index in [9.17, 15) is 13.2 Å². The molecule has 0 aliphatic heterocycles. The zero-order valence-corrected chi connectivity index (χ0v) is 12.8. The van der Waals surface area contributed by atoms with E-state index in [0.717, 1.165) is 5.56 Å². The summed E-state index contributed by atoms with van der Waals surface area (Å²) in [6.45, 7) is 1.87. The maximum atomic E-state index is 12.2. The largest absolute Gasteiger partial charge is 0.321 e. The number of aryl methyl sites for hydroxylation is 1. The van der Waals surface area contributed by atoms with Gasteiger partial charge in [-0.2, -0.15) is 0 Å². The Labute approximate surface area is 129 Å². The van der Waals surface area contributed by atoms with Crippen molar-refractivity contribution in [2.75, 3.05) is 5.32 Å². The standard InChI is InChI=1S/C16H16N2O3S/c1-12-6-5-9-14(10-12)18-16(19)15(22(17,20)21)11-13-7-3-2-4-8-13/h2-11H,1H3,(H,18,19)(H2,17,20,21). The molecule has 0 aliphatic rings. The summed E-state index contributed by atoms with van der Waals surface area (Å²) < 4.78 is 23.4. The van der Waals surface area contributed by atoms with Crippen LogP contribution >= 0.6 is 0 Å². The van der Waals surface area contributed by atoms with Crippen LogP contribution in [0.5, 0.6) is 0 Å². The maximum Gasteiger partial charge on any atom is 0.268 e. The number of hydrogen-bond acceptors (Lipinski definition) is 3. The van der Waals surface area contributed by atoms with Crippen molar-refractivity contribution in [2.45, 2.75) is 6.92 Å². The van der Waals surface area contributed by atoms with Crippen molar-refractivity contribution >= 4 is 27.7 Å². The van der Waals surface area contributed by atoms with Gasteiger partial charge in [-0.05, 0) is 36.3 Å². The summed E-state index contributed by atoms with van der Waals surface area (Å²) in [6.07, 6.45) is 1.25. The van der Waals surface area contributed by atoms with Crippen LogP contribution in [0.1, 0.15) is 11.1 Å². The summed E-state index contributed by atoms with van der Waals surface area (Å²) in [7, 11) is -4.14. The van der Waals surface area contributed by atoms with Gasteiger partial charge in [0.25, 0.3) is 5.91 Å². The number of benzene rings is 2. The average Bonchev–Trinajstić information content (AvgIpc) is 2.44. The van der Waals surface area contributed by atoms with E-state index in [1.54, 1.807) is 48.5 Å². The van der Waals surface area contributed by atoms with Crippen molar-refractivity contribution in [1.29, 1.82) is 0 Å². The maximum absolute atomic E-state index is 12.2. The number of hydrogen-bond donors (Lipinski definition) is 2. The normalized spacial score (nSPS) is 12.0. The van der Waals surface area contributed by atoms with E-state index >= 15 is 0 Å². The Morgan fingerprint density at radius 3 is 2.36 bits per heavy atom. The third-order valence-corrected chi connectivity index (χ3v) is 3.82. The molecule has 3 N–H and O–H groups in total. The van der Waals surface area contributed by atoms with Crippen LogP contribution in [-0.2, 0) is 14.8 Å². The predicted octanol–water partition coefficient (Wildman–Crippen LogP) is 2.26. The summed E-state index contributed by atoms with van der Waals surface area (Å²) in [6, 6.07) is 15.7. The monoisotopic (exact) mass is 316 g/mol. The minimum atomic E-state index is -4.14. The molecule has 2 rings (SSSR count). The third kappa shape index (κ3) is 4.28. The quantitative estimate of drug-likeness (QED) is 0.848. The summed E-state index contributed by atoms with van der Waals surface area (Å²) in [4.78, 5) is 11.8. The number of nitrogens with one attached hydrogen (secondary N) is 1. The zero-order valence-electron chi connectivity index (χ0n) is 12.0. The number of carbonyl (C=O) groups excluding carboxylic acids is 1. The van der Waals surface area contributed by atoms with E-state index in [1.165, 1.54) is 6.08 Å². The van der Waals surface area contributed by atoms with E-state index in [0.29, 0.717) is 11.3 Å². The summed E-state index contributed by atoms with van der Waals surface area (Å²) in [5, 5.41) is 7.70. The van der Waals surface area contributed by atoms with Crippen molar-refractivity contribution in [3.05, 3.63) is 70.6 Å². The molecule has 0 unspecified atom stereocenters. The van der Waals surface area contributed by atoms with Crippen LogP contribution in [0.2, 0.25) is 0 Å². The molecular weight excluding hydrogens is 300 g/mol. The number of sulfonamides is 1. The fraction of sp³-hybridized carbons (Fsp3) is 0.0625. The first-order valence-corrected chi connectivity index (χ1v) is 8.08. The number of rotatable bonds is 4. The van der Waals surface area contributed by atoms with Crippen molar-refractivity contribution in [1.82, 2.24) is 0 Å². The van der Waals surface area contributed by atoms with Gasteiger partial charge in [-0.3, -0.25) is 4.79 Å². The first-order valence-electron chi connectivity index (χ1n) is 6.54. The molecule has 0 radical (unpaired) electrons. The van der Waals surface area contributed by atoms with Crippen molar-refractivity contribution < 1.29 is 13.2 Å². The van der Waals surface area contributed by atoms with Crippen LogP contribution < -0.4 is 10.5 Å². The molecule has 1 amide bonds. The highest BCUT2D eigenvalue weighted by molar-refractivity contribution is 7.94. The minimum absolute atomic E-state index is 0.486. The van der Waals surface area contributed by atoms with E-state index in [2.05, 4.69) is 5.32 Å². The van der Waals surface area contributed by atoms with E-state index in [-0.39, 0.29) is 0 Å². The number of anilines is 1. The molecule has 2 aromatic carbocycles. The average molecular weight is 316 g/mol. The van der Waals surface area contributed by atoms with E-state index in [1.807, 2.05) is 13.0 Å². The van der Waals surface area contributed by atoms with Crippen molar-refractivity contribution in [2.24, 2.45) is 5.14 Å². The van der Waals surface area contributed by atoms with Crippen LogP contribution in [0.15, 0.2) is 59.5 Å². The molecule has 0 fully saturated rings. The molecular formula is C16H16N2O3S. The molecule has 114 valence electrons. The Morgan fingerprint density at radius 1 is 1.09 bits per heavy atom. The van der Waals surface area contributed by atoms with Crippen molar-refractivity contribution in [3.8, 4) is 0 Å². The fourth-order valence-electron chi connectivity index (χ4n) is 1.89. The van der Waals surface area contributed by atoms with E-state index < -0.39 is 20.8 Å². The zero-order chi connectivity index (χ0) is 16.2. The molecule has 0 aromatic heterocycles. The number of nitrogens with two attached hydrogens (primary N) is 1. The first-order chi connectivity index (χ1) is 10.4.